The number of esters is 1. The summed E-state index contributed by atoms with van der Waals surface area (Å²) in [6, 6.07) is 3.72. The lowest BCUT2D eigenvalue weighted by atomic mass is 9.90. The van der Waals surface area contributed by atoms with E-state index >= 15 is 0 Å². The van der Waals surface area contributed by atoms with Crippen LogP contribution < -0.4 is 15.4 Å². The number of hydrogen-bond donors (Lipinski definition) is 3. The van der Waals surface area contributed by atoms with Gasteiger partial charge in [0.05, 0.1) is 25.3 Å². The van der Waals surface area contributed by atoms with Gasteiger partial charge in [0.15, 0.2) is 11.5 Å². The molecule has 0 radical (unpaired) electrons. The number of rotatable bonds is 6. The Labute approximate surface area is 165 Å². The molecule has 0 saturated heterocycles. The van der Waals surface area contributed by atoms with Crippen LogP contribution in [0.3, 0.4) is 0 Å². The lowest BCUT2D eigenvalue weighted by molar-refractivity contribution is -0.141. The Morgan fingerprint density at radius 2 is 2.00 bits per heavy atom. The molecular formula is C21H28N2O5. The van der Waals surface area contributed by atoms with Gasteiger partial charge in [-0.1, -0.05) is 32.3 Å². The van der Waals surface area contributed by atoms with Crippen LogP contribution in [0.25, 0.3) is 0 Å². The summed E-state index contributed by atoms with van der Waals surface area (Å²) in [5.74, 6) is 0.250. The molecule has 7 heteroatoms. The number of urea groups is 1. The standard InChI is InChI=1S/C21H28N2O5/c1-3-15-18(20(25)28-12-13-7-5-4-6-8-13)19(23-21(26)22-15)14-9-10-16(24)17(11-14)27-2/h9-11,13,19,24H,3-8,12H2,1-2H3,(H2,22,23,26). The summed E-state index contributed by atoms with van der Waals surface area (Å²) in [5, 5.41) is 15.4. The number of methoxy groups -OCH3 is 1. The fourth-order valence-corrected chi connectivity index (χ4v) is 3.89. The zero-order valence-electron chi connectivity index (χ0n) is 16.4. The first kappa shape index (κ1) is 20.0. The number of carbonyl (C=O) groups is 2. The van der Waals surface area contributed by atoms with Crippen LogP contribution in [0.2, 0.25) is 0 Å². The van der Waals surface area contributed by atoms with Gasteiger partial charge in [-0.25, -0.2) is 9.59 Å². The first-order valence-corrected chi connectivity index (χ1v) is 9.88. The fraction of sp³-hybridized carbons (Fsp3) is 0.524. The van der Waals surface area contributed by atoms with Crippen molar-refractivity contribution in [3.8, 4) is 11.5 Å². The summed E-state index contributed by atoms with van der Waals surface area (Å²) in [6.45, 7) is 2.28. The highest BCUT2D eigenvalue weighted by molar-refractivity contribution is 5.95. The Balaban J connectivity index is 1.86. The van der Waals surface area contributed by atoms with Gasteiger partial charge >= 0.3 is 12.0 Å². The van der Waals surface area contributed by atoms with Gasteiger partial charge in [-0.3, -0.25) is 0 Å². The second-order valence-electron chi connectivity index (χ2n) is 7.31. The van der Waals surface area contributed by atoms with E-state index in [1.54, 1.807) is 12.1 Å². The van der Waals surface area contributed by atoms with E-state index in [9.17, 15) is 14.7 Å². The Morgan fingerprint density at radius 1 is 1.25 bits per heavy atom. The molecule has 0 spiro atoms. The number of benzene rings is 1. The van der Waals surface area contributed by atoms with Crippen LogP contribution >= 0.6 is 0 Å². The van der Waals surface area contributed by atoms with Gasteiger partial charge in [0.2, 0.25) is 0 Å². The predicted molar refractivity (Wildman–Crippen MR) is 104 cm³/mol. The molecule has 2 amide bonds. The minimum absolute atomic E-state index is 0.00682. The summed E-state index contributed by atoms with van der Waals surface area (Å²) in [7, 11) is 1.45. The van der Waals surface area contributed by atoms with Crippen LogP contribution in [0.1, 0.15) is 57.1 Å². The average Bonchev–Trinajstić information content (AvgIpc) is 2.72. The molecule has 1 atom stereocenters. The first-order valence-electron chi connectivity index (χ1n) is 9.88. The zero-order chi connectivity index (χ0) is 20.1. The third-order valence-corrected chi connectivity index (χ3v) is 5.44. The van der Waals surface area contributed by atoms with Crippen molar-refractivity contribution in [1.82, 2.24) is 10.6 Å². The van der Waals surface area contributed by atoms with Crippen LogP contribution in [0.4, 0.5) is 4.79 Å². The molecule has 1 aromatic carbocycles. The molecule has 152 valence electrons. The molecule has 1 aliphatic heterocycles. The lowest BCUT2D eigenvalue weighted by Gasteiger charge is -2.30. The van der Waals surface area contributed by atoms with Crippen LogP contribution in [0.5, 0.6) is 11.5 Å². The first-order chi connectivity index (χ1) is 13.5. The van der Waals surface area contributed by atoms with Crippen molar-refractivity contribution in [2.75, 3.05) is 13.7 Å². The van der Waals surface area contributed by atoms with Gasteiger partial charge in [-0.05, 0) is 42.9 Å². The topological polar surface area (TPSA) is 96.9 Å². The van der Waals surface area contributed by atoms with Crippen LogP contribution in [0.15, 0.2) is 29.5 Å². The highest BCUT2D eigenvalue weighted by atomic mass is 16.5. The Hall–Kier alpha value is -2.70. The zero-order valence-corrected chi connectivity index (χ0v) is 16.4. The van der Waals surface area contributed by atoms with E-state index < -0.39 is 12.0 Å². The highest BCUT2D eigenvalue weighted by Gasteiger charge is 2.34. The van der Waals surface area contributed by atoms with Gasteiger partial charge in [-0.2, -0.15) is 0 Å². The number of hydrogen-bond acceptors (Lipinski definition) is 5. The Bertz CT molecular complexity index is 768. The van der Waals surface area contributed by atoms with Gasteiger partial charge < -0.3 is 25.2 Å². The number of amides is 2. The molecule has 1 unspecified atom stereocenters. The maximum Gasteiger partial charge on any atom is 0.338 e. The minimum Gasteiger partial charge on any atom is -0.504 e. The van der Waals surface area contributed by atoms with E-state index in [1.807, 2.05) is 6.92 Å². The molecular weight excluding hydrogens is 360 g/mol. The van der Waals surface area contributed by atoms with E-state index in [-0.39, 0.29) is 17.5 Å². The van der Waals surface area contributed by atoms with Crippen molar-refractivity contribution in [3.63, 3.8) is 0 Å². The van der Waals surface area contributed by atoms with Crippen LogP contribution in [-0.4, -0.2) is 30.8 Å². The molecule has 7 nitrogen and oxygen atoms in total. The second kappa shape index (κ2) is 8.99. The van der Waals surface area contributed by atoms with Crippen LogP contribution in [-0.2, 0) is 9.53 Å². The number of phenols is 1. The molecule has 0 aromatic heterocycles. The summed E-state index contributed by atoms with van der Waals surface area (Å²) < 4.78 is 10.8. The molecule has 0 bridgehead atoms. The van der Waals surface area contributed by atoms with Crippen molar-refractivity contribution in [1.29, 1.82) is 0 Å². The van der Waals surface area contributed by atoms with Gasteiger partial charge in [0, 0.05) is 5.70 Å². The number of allylic oxidation sites excluding steroid dienone is 1. The third kappa shape index (κ3) is 4.40. The summed E-state index contributed by atoms with van der Waals surface area (Å²) >= 11 is 0. The number of nitrogens with one attached hydrogen (secondary N) is 2. The van der Waals surface area contributed by atoms with Crippen molar-refractivity contribution in [2.45, 2.75) is 51.5 Å². The largest absolute Gasteiger partial charge is 0.504 e. The normalized spacial score (nSPS) is 20.4. The molecule has 1 fully saturated rings. The van der Waals surface area contributed by atoms with E-state index in [2.05, 4.69) is 10.6 Å². The SMILES string of the molecule is CCC1=C(C(=O)OCC2CCCCC2)C(c2ccc(O)c(OC)c2)NC(=O)N1. The molecule has 1 aromatic rings. The molecule has 1 aliphatic carbocycles. The van der Waals surface area contributed by atoms with Gasteiger partial charge in [0.25, 0.3) is 0 Å². The summed E-state index contributed by atoms with van der Waals surface area (Å²) in [5.41, 5.74) is 1.58. The van der Waals surface area contributed by atoms with Gasteiger partial charge in [-0.15, -0.1) is 0 Å². The van der Waals surface area contributed by atoms with E-state index in [1.165, 1.54) is 32.4 Å². The van der Waals surface area contributed by atoms with Crippen molar-refractivity contribution >= 4 is 12.0 Å². The number of carbonyl (C=O) groups excluding carboxylic acids is 2. The summed E-state index contributed by atoms with van der Waals surface area (Å²) in [4.78, 5) is 25.1. The maximum atomic E-state index is 13.0. The number of phenolic OH excluding ortho intramolecular Hbond substituents is 1. The number of ether oxygens (including phenoxy) is 2. The van der Waals surface area contributed by atoms with E-state index in [4.69, 9.17) is 9.47 Å². The van der Waals surface area contributed by atoms with E-state index in [0.29, 0.717) is 35.8 Å². The number of aromatic hydroxyl groups is 1. The molecule has 28 heavy (non-hydrogen) atoms. The molecule has 2 aliphatic rings. The Kier molecular flexibility index (Phi) is 6.44. The average molecular weight is 388 g/mol. The smallest absolute Gasteiger partial charge is 0.338 e. The quantitative estimate of drug-likeness (QED) is 0.648. The molecule has 1 saturated carbocycles. The maximum absolute atomic E-state index is 13.0. The van der Waals surface area contributed by atoms with Crippen molar-refractivity contribution in [2.24, 2.45) is 5.92 Å². The second-order valence-corrected chi connectivity index (χ2v) is 7.31. The van der Waals surface area contributed by atoms with Gasteiger partial charge in [0.1, 0.15) is 0 Å². The van der Waals surface area contributed by atoms with E-state index in [0.717, 1.165) is 12.8 Å². The molecule has 1 heterocycles. The van der Waals surface area contributed by atoms with Crippen molar-refractivity contribution in [3.05, 3.63) is 35.0 Å². The molecule has 3 rings (SSSR count). The fourth-order valence-electron chi connectivity index (χ4n) is 3.89. The third-order valence-electron chi connectivity index (χ3n) is 5.44. The van der Waals surface area contributed by atoms with Crippen LogP contribution in [0, 0.1) is 5.92 Å². The predicted octanol–water partition coefficient (Wildman–Crippen LogP) is 3.54. The monoisotopic (exact) mass is 388 g/mol. The molecule has 3 N–H and O–H groups in total. The van der Waals surface area contributed by atoms with Crippen molar-refractivity contribution < 1.29 is 24.2 Å². The lowest BCUT2D eigenvalue weighted by Crippen LogP contribution is -2.46. The minimum atomic E-state index is -0.669. The Morgan fingerprint density at radius 3 is 2.68 bits per heavy atom. The summed E-state index contributed by atoms with van der Waals surface area (Å²) in [6.07, 6.45) is 6.27. The highest BCUT2D eigenvalue weighted by Crippen LogP contribution is 2.34.